The Balaban J connectivity index is 1.67. The number of carbonyl (C=O) groups is 2. The average Bonchev–Trinajstić information content (AvgIpc) is 3.01. The second kappa shape index (κ2) is 7.36. The van der Waals surface area contributed by atoms with Gasteiger partial charge in [0.2, 0.25) is 0 Å². The molecule has 0 aliphatic carbocycles. The van der Waals surface area contributed by atoms with Gasteiger partial charge in [-0.05, 0) is 49.7 Å². The van der Waals surface area contributed by atoms with E-state index in [0.717, 1.165) is 5.56 Å². The van der Waals surface area contributed by atoms with Crippen molar-refractivity contribution in [3.8, 4) is 5.75 Å². The standard InChI is InChI=1S/C19H19N3O5/c1-10-4-5-12(8-16(10)26-3)18(24)27-11(2)17(23)20-13-6-7-14-15(9-13)22-19(25)21-14/h4-9,11H,1-3H3,(H,20,23)(H2,21,22,25)/t11-/m0/s1. The topological polar surface area (TPSA) is 113 Å². The number of anilines is 1. The monoisotopic (exact) mass is 369 g/mol. The Hall–Kier alpha value is -3.55. The van der Waals surface area contributed by atoms with E-state index >= 15 is 0 Å². The van der Waals surface area contributed by atoms with E-state index in [1.54, 1.807) is 36.4 Å². The first-order chi connectivity index (χ1) is 12.9. The first-order valence-electron chi connectivity index (χ1n) is 8.26. The number of aryl methyl sites for hydroxylation is 1. The molecule has 1 atom stereocenters. The van der Waals surface area contributed by atoms with Crippen molar-refractivity contribution in [2.24, 2.45) is 0 Å². The van der Waals surface area contributed by atoms with E-state index in [9.17, 15) is 14.4 Å². The molecule has 1 amide bonds. The van der Waals surface area contributed by atoms with Crippen LogP contribution in [0.3, 0.4) is 0 Å². The molecule has 0 aliphatic heterocycles. The molecule has 1 heterocycles. The second-order valence-corrected chi connectivity index (χ2v) is 6.06. The van der Waals surface area contributed by atoms with Gasteiger partial charge in [-0.3, -0.25) is 4.79 Å². The lowest BCUT2D eigenvalue weighted by atomic mass is 10.1. The van der Waals surface area contributed by atoms with Gasteiger partial charge in [-0.1, -0.05) is 6.07 Å². The number of aromatic nitrogens is 2. The lowest BCUT2D eigenvalue weighted by Crippen LogP contribution is -2.30. The Labute approximate surface area is 154 Å². The molecule has 0 radical (unpaired) electrons. The van der Waals surface area contributed by atoms with Gasteiger partial charge < -0.3 is 24.8 Å². The van der Waals surface area contributed by atoms with E-state index in [4.69, 9.17) is 9.47 Å². The number of H-pyrrole nitrogens is 2. The largest absolute Gasteiger partial charge is 0.496 e. The fourth-order valence-electron chi connectivity index (χ4n) is 2.58. The quantitative estimate of drug-likeness (QED) is 0.598. The lowest BCUT2D eigenvalue weighted by molar-refractivity contribution is -0.123. The first kappa shape index (κ1) is 18.2. The maximum Gasteiger partial charge on any atom is 0.339 e. The molecule has 8 heteroatoms. The number of hydrogen-bond donors (Lipinski definition) is 3. The molecule has 3 aromatic rings. The molecule has 0 saturated carbocycles. The van der Waals surface area contributed by atoms with Gasteiger partial charge in [0.25, 0.3) is 5.91 Å². The average molecular weight is 369 g/mol. The highest BCUT2D eigenvalue weighted by Crippen LogP contribution is 2.20. The number of hydrogen-bond acceptors (Lipinski definition) is 5. The van der Waals surface area contributed by atoms with Gasteiger partial charge >= 0.3 is 11.7 Å². The van der Waals surface area contributed by atoms with Gasteiger partial charge in [0.1, 0.15) is 5.75 Å². The van der Waals surface area contributed by atoms with Gasteiger partial charge in [0.15, 0.2) is 6.10 Å². The predicted octanol–water partition coefficient (Wildman–Crippen LogP) is 2.36. The molecule has 1 aromatic heterocycles. The fourth-order valence-corrected chi connectivity index (χ4v) is 2.58. The Morgan fingerprint density at radius 2 is 1.81 bits per heavy atom. The summed E-state index contributed by atoms with van der Waals surface area (Å²) in [6.45, 7) is 3.34. The minimum atomic E-state index is -1.01. The van der Waals surface area contributed by atoms with Crippen molar-refractivity contribution < 1.29 is 19.1 Å². The molecule has 0 bridgehead atoms. The van der Waals surface area contributed by atoms with Crippen LogP contribution < -0.4 is 15.7 Å². The summed E-state index contributed by atoms with van der Waals surface area (Å²) in [4.78, 5) is 41.1. The number of aromatic amines is 2. The Bertz CT molecular complexity index is 1070. The van der Waals surface area contributed by atoms with Crippen LogP contribution in [0.25, 0.3) is 11.0 Å². The van der Waals surface area contributed by atoms with Crippen LogP contribution in [0.4, 0.5) is 5.69 Å². The maximum absolute atomic E-state index is 12.3. The number of rotatable bonds is 5. The number of ether oxygens (including phenoxy) is 2. The second-order valence-electron chi connectivity index (χ2n) is 6.06. The van der Waals surface area contributed by atoms with Gasteiger partial charge in [-0.2, -0.15) is 0 Å². The normalized spacial score (nSPS) is 11.8. The fraction of sp³-hybridized carbons (Fsp3) is 0.211. The molecule has 0 unspecified atom stereocenters. The molecule has 27 heavy (non-hydrogen) atoms. The minimum Gasteiger partial charge on any atom is -0.496 e. The van der Waals surface area contributed by atoms with E-state index in [2.05, 4.69) is 15.3 Å². The Morgan fingerprint density at radius 1 is 1.07 bits per heavy atom. The third-order valence-corrected chi connectivity index (χ3v) is 4.08. The summed E-state index contributed by atoms with van der Waals surface area (Å²) in [7, 11) is 1.52. The van der Waals surface area contributed by atoms with Crippen LogP contribution in [0.5, 0.6) is 5.75 Å². The van der Waals surface area contributed by atoms with Crippen LogP contribution in [-0.2, 0) is 9.53 Å². The van der Waals surface area contributed by atoms with Crippen molar-refractivity contribution in [3.63, 3.8) is 0 Å². The van der Waals surface area contributed by atoms with E-state index in [1.807, 2.05) is 6.92 Å². The highest BCUT2D eigenvalue weighted by molar-refractivity contribution is 5.98. The number of esters is 1. The van der Waals surface area contributed by atoms with Gasteiger partial charge in [-0.15, -0.1) is 0 Å². The number of nitrogens with one attached hydrogen (secondary N) is 3. The van der Waals surface area contributed by atoms with Crippen LogP contribution in [0.2, 0.25) is 0 Å². The molecular weight excluding hydrogens is 350 g/mol. The van der Waals surface area contributed by atoms with E-state index in [0.29, 0.717) is 28.0 Å². The smallest absolute Gasteiger partial charge is 0.339 e. The van der Waals surface area contributed by atoms with Crippen molar-refractivity contribution in [1.82, 2.24) is 9.97 Å². The molecule has 3 N–H and O–H groups in total. The highest BCUT2D eigenvalue weighted by atomic mass is 16.5. The third kappa shape index (κ3) is 4.00. The third-order valence-electron chi connectivity index (χ3n) is 4.08. The van der Waals surface area contributed by atoms with Gasteiger partial charge in [0.05, 0.1) is 23.7 Å². The SMILES string of the molecule is COc1cc(C(=O)O[C@@H](C)C(=O)Nc2ccc3[nH]c(=O)[nH]c3c2)ccc1C. The van der Waals surface area contributed by atoms with Crippen molar-refractivity contribution in [3.05, 3.63) is 58.0 Å². The molecule has 0 aliphatic rings. The van der Waals surface area contributed by atoms with Gasteiger partial charge in [0, 0.05) is 5.69 Å². The zero-order valence-corrected chi connectivity index (χ0v) is 15.1. The zero-order valence-electron chi connectivity index (χ0n) is 15.1. The number of fused-ring (bicyclic) bond motifs is 1. The predicted molar refractivity (Wildman–Crippen MR) is 100 cm³/mol. The zero-order chi connectivity index (χ0) is 19.6. The molecule has 2 aromatic carbocycles. The highest BCUT2D eigenvalue weighted by Gasteiger charge is 2.20. The number of carbonyl (C=O) groups excluding carboxylic acids is 2. The van der Waals surface area contributed by atoms with Crippen LogP contribution in [0.15, 0.2) is 41.2 Å². The summed E-state index contributed by atoms with van der Waals surface area (Å²) in [6, 6.07) is 9.85. The lowest BCUT2D eigenvalue weighted by Gasteiger charge is -2.14. The van der Waals surface area contributed by atoms with Crippen molar-refractivity contribution in [2.75, 3.05) is 12.4 Å². The summed E-state index contributed by atoms with van der Waals surface area (Å²) >= 11 is 0. The molecule has 0 fully saturated rings. The van der Waals surface area contributed by atoms with E-state index < -0.39 is 18.0 Å². The van der Waals surface area contributed by atoms with Gasteiger partial charge in [-0.25, -0.2) is 9.59 Å². The van der Waals surface area contributed by atoms with Crippen LogP contribution >= 0.6 is 0 Å². The molecule has 0 spiro atoms. The molecule has 8 nitrogen and oxygen atoms in total. The van der Waals surface area contributed by atoms with E-state index in [-0.39, 0.29) is 5.69 Å². The summed E-state index contributed by atoms with van der Waals surface area (Å²) < 4.78 is 10.4. The summed E-state index contributed by atoms with van der Waals surface area (Å²) in [5, 5.41) is 2.65. The van der Waals surface area contributed by atoms with Crippen molar-refractivity contribution in [2.45, 2.75) is 20.0 Å². The van der Waals surface area contributed by atoms with E-state index in [1.165, 1.54) is 14.0 Å². The number of imidazole rings is 1. The molecule has 3 rings (SSSR count). The first-order valence-corrected chi connectivity index (χ1v) is 8.26. The molecule has 0 saturated heterocycles. The van der Waals surface area contributed by atoms with Crippen LogP contribution in [0, 0.1) is 6.92 Å². The summed E-state index contributed by atoms with van der Waals surface area (Å²) in [5.74, 6) is -0.545. The van der Waals surface area contributed by atoms with Crippen molar-refractivity contribution >= 4 is 28.6 Å². The summed E-state index contributed by atoms with van der Waals surface area (Å²) in [6.07, 6.45) is -1.01. The number of benzene rings is 2. The number of methoxy groups -OCH3 is 1. The summed E-state index contributed by atoms with van der Waals surface area (Å²) in [5.41, 5.74) is 2.52. The Morgan fingerprint density at radius 3 is 2.56 bits per heavy atom. The maximum atomic E-state index is 12.3. The Kier molecular flexibility index (Phi) is 4.98. The molecular formula is C19H19N3O5. The van der Waals surface area contributed by atoms with Crippen LogP contribution in [-0.4, -0.2) is 35.1 Å². The van der Waals surface area contributed by atoms with Crippen molar-refractivity contribution in [1.29, 1.82) is 0 Å². The molecule has 140 valence electrons. The minimum absolute atomic E-state index is 0.295. The van der Waals surface area contributed by atoms with Crippen LogP contribution in [0.1, 0.15) is 22.8 Å². The number of amides is 1.